The minimum absolute atomic E-state index is 0.0809. The Hall–Kier alpha value is -1.53. The summed E-state index contributed by atoms with van der Waals surface area (Å²) in [5.41, 5.74) is 0. The summed E-state index contributed by atoms with van der Waals surface area (Å²) < 4.78 is 36.2. The molecule has 0 aliphatic carbocycles. The van der Waals surface area contributed by atoms with E-state index in [4.69, 9.17) is 15.3 Å². The fourth-order valence-corrected chi connectivity index (χ4v) is 6.64. The lowest BCUT2D eigenvalue weighted by atomic mass is 10.2. The Morgan fingerprint density at radius 2 is 0.722 bits per heavy atom. The number of carboxylic acids is 3. The van der Waals surface area contributed by atoms with Crippen LogP contribution in [-0.2, 0) is 28.1 Å². The molecule has 0 radical (unpaired) electrons. The van der Waals surface area contributed by atoms with Gasteiger partial charge in [0.1, 0.15) is 0 Å². The van der Waals surface area contributed by atoms with Crippen molar-refractivity contribution in [2.45, 2.75) is 55.9 Å². The highest BCUT2D eigenvalue weighted by atomic mass is 31.1. The largest absolute Gasteiger partial charge is 0.524 e. The van der Waals surface area contributed by atoms with Crippen molar-refractivity contribution in [3.63, 3.8) is 0 Å². The summed E-state index contributed by atoms with van der Waals surface area (Å²) in [5.74, 6) is -6.71. The third kappa shape index (κ3) is 11.7. The van der Waals surface area contributed by atoms with Crippen LogP contribution in [-0.4, -0.2) is 119 Å². The molecule has 18 heteroatoms. The lowest BCUT2D eigenvalue weighted by Crippen LogP contribution is -2.43. The first kappa shape index (κ1) is 32.5. The van der Waals surface area contributed by atoms with Crippen molar-refractivity contribution < 1.29 is 58.1 Å². The zero-order valence-electron chi connectivity index (χ0n) is 19.5. The maximum absolute atomic E-state index is 12.1. The zero-order chi connectivity index (χ0) is 27.4. The van der Waals surface area contributed by atoms with Crippen LogP contribution in [0.3, 0.4) is 0 Å². The summed E-state index contributed by atoms with van der Waals surface area (Å²) in [6.07, 6.45) is -1.63. The van der Waals surface area contributed by atoms with Gasteiger partial charge in [0.05, 0.1) is 19.3 Å². The Morgan fingerprint density at radius 3 is 0.861 bits per heavy atom. The summed E-state index contributed by atoms with van der Waals surface area (Å²) in [6, 6.07) is 0. The molecule has 0 amide bonds. The Labute approximate surface area is 210 Å². The predicted octanol–water partition coefficient (Wildman–Crippen LogP) is 0.683. The van der Waals surface area contributed by atoms with Crippen LogP contribution in [0.15, 0.2) is 0 Å². The molecular weight excluding hydrogens is 543 g/mol. The normalized spacial score (nSPS) is 20.2. The minimum atomic E-state index is -2.86. The van der Waals surface area contributed by atoms with Gasteiger partial charge in [-0.1, -0.05) is 0 Å². The average Bonchev–Trinajstić information content (AvgIpc) is 2.85. The smallest absolute Gasteiger partial charge is 0.481 e. The van der Waals surface area contributed by atoms with Crippen LogP contribution in [0.4, 0.5) is 0 Å². The molecule has 0 bridgehead atoms. The molecule has 1 aliphatic heterocycles. The second kappa shape index (κ2) is 16.3. The van der Waals surface area contributed by atoms with Gasteiger partial charge in [0, 0.05) is 58.5 Å². The minimum Gasteiger partial charge on any atom is -0.481 e. The summed E-state index contributed by atoms with van der Waals surface area (Å²) in [5, 5.41) is 27.1. The molecule has 6 unspecified atom stereocenters. The fraction of sp³-hybridized carbons (Fsp3) is 0.833. The van der Waals surface area contributed by atoms with Crippen LogP contribution in [0.2, 0.25) is 0 Å². The molecule has 1 aliphatic rings. The lowest BCUT2D eigenvalue weighted by molar-refractivity contribution is -0.138. The van der Waals surface area contributed by atoms with Crippen LogP contribution in [0.5, 0.6) is 0 Å². The second-order valence-electron chi connectivity index (χ2n) is 8.25. The molecule has 6 N–H and O–H groups in total. The summed E-state index contributed by atoms with van der Waals surface area (Å²) in [7, 11) is -8.57. The van der Waals surface area contributed by atoms with Gasteiger partial charge in [-0.2, -0.15) is 14.7 Å². The highest BCUT2D eigenvalue weighted by Crippen LogP contribution is 2.34. The molecule has 0 aromatic heterocycles. The van der Waals surface area contributed by atoms with E-state index >= 15 is 0 Å². The molecular formula is C18H33N3O12P3+3. The molecule has 0 spiro atoms. The van der Waals surface area contributed by atoms with E-state index in [0.29, 0.717) is 0 Å². The second-order valence-corrected chi connectivity index (χ2v) is 11.9. The first-order valence-corrected chi connectivity index (χ1v) is 15.0. The monoisotopic (exact) mass is 576 g/mol. The van der Waals surface area contributed by atoms with Crippen LogP contribution >= 0.6 is 24.1 Å². The molecule has 0 aromatic carbocycles. The first-order valence-electron chi connectivity index (χ1n) is 11.2. The number of nitrogens with zero attached hydrogens (tertiary/aromatic N) is 3. The average molecular weight is 576 g/mol. The standard InChI is InChI=1S/C18H30N3O12P3/c22-16(23)4-1-13(34(28)29)19-7-9-20(14(35(30)31)2-5-17(24)25)11-12-21(10-8-19)15(36(32)33)3-6-18(26)27/h13-15H,1-12H2,(H3-3,22,23,24,25,26,27,28,29,30,31,32,33)/p+3. The van der Waals surface area contributed by atoms with Crippen molar-refractivity contribution in [2.24, 2.45) is 0 Å². The SMILES string of the molecule is O=C(O)CCC(N1CCN(C(CCC(=O)O)[P+](=O)O)CCN(C(CCC(=O)O)[P+](=O)O)CC1)[P+](=O)O. The van der Waals surface area contributed by atoms with Crippen molar-refractivity contribution >= 4 is 42.0 Å². The fourth-order valence-electron chi connectivity index (χ4n) is 4.06. The number of carbonyl (C=O) groups is 3. The molecule has 1 fully saturated rings. The van der Waals surface area contributed by atoms with E-state index in [2.05, 4.69) is 0 Å². The van der Waals surface area contributed by atoms with Gasteiger partial charge in [-0.3, -0.25) is 29.1 Å². The van der Waals surface area contributed by atoms with E-state index in [1.165, 1.54) is 14.7 Å². The van der Waals surface area contributed by atoms with Crippen LogP contribution in [0, 0.1) is 0 Å². The van der Waals surface area contributed by atoms with E-state index in [1.807, 2.05) is 0 Å². The van der Waals surface area contributed by atoms with Gasteiger partial charge in [-0.15, -0.1) is 0 Å². The summed E-state index contributed by atoms with van der Waals surface area (Å²) >= 11 is 0. The van der Waals surface area contributed by atoms with Gasteiger partial charge >= 0.3 is 42.0 Å². The predicted molar refractivity (Wildman–Crippen MR) is 126 cm³/mol. The molecule has 1 rings (SSSR count). The maximum atomic E-state index is 12.1. The van der Waals surface area contributed by atoms with Gasteiger partial charge in [-0.05, 0) is 13.7 Å². The molecule has 0 aromatic rings. The van der Waals surface area contributed by atoms with Gasteiger partial charge in [0.15, 0.2) is 0 Å². The van der Waals surface area contributed by atoms with E-state index < -0.39 is 59.3 Å². The number of aliphatic carboxylic acids is 3. The van der Waals surface area contributed by atoms with Crippen molar-refractivity contribution in [1.82, 2.24) is 14.7 Å². The van der Waals surface area contributed by atoms with Crippen molar-refractivity contribution in [3.8, 4) is 0 Å². The maximum Gasteiger partial charge on any atom is 0.524 e. The van der Waals surface area contributed by atoms with Crippen LogP contribution < -0.4 is 0 Å². The Kier molecular flexibility index (Phi) is 14.8. The molecule has 0 saturated carbocycles. The van der Waals surface area contributed by atoms with Gasteiger partial charge in [-0.25, -0.2) is 0 Å². The highest BCUT2D eigenvalue weighted by molar-refractivity contribution is 7.39. The van der Waals surface area contributed by atoms with Gasteiger partial charge in [0.25, 0.3) is 0 Å². The highest BCUT2D eigenvalue weighted by Gasteiger charge is 2.42. The number of hydrogen-bond acceptors (Lipinski definition) is 9. The van der Waals surface area contributed by atoms with Crippen molar-refractivity contribution in [3.05, 3.63) is 0 Å². The number of rotatable bonds is 15. The van der Waals surface area contributed by atoms with E-state index in [-0.39, 0.29) is 77.8 Å². The lowest BCUT2D eigenvalue weighted by Gasteiger charge is -2.27. The van der Waals surface area contributed by atoms with E-state index in [9.17, 15) is 42.8 Å². The Balaban J connectivity index is 3.30. The van der Waals surface area contributed by atoms with Crippen molar-refractivity contribution in [1.29, 1.82) is 0 Å². The summed E-state index contributed by atoms with van der Waals surface area (Å²) in [4.78, 5) is 67.3. The number of hydrogen-bond donors (Lipinski definition) is 6. The molecule has 1 saturated heterocycles. The Morgan fingerprint density at radius 1 is 0.528 bits per heavy atom. The molecule has 1 heterocycles. The Bertz CT molecular complexity index is 716. The van der Waals surface area contributed by atoms with E-state index in [1.54, 1.807) is 0 Å². The molecule has 204 valence electrons. The summed E-state index contributed by atoms with van der Waals surface area (Å²) in [6.45, 7) is 0.485. The van der Waals surface area contributed by atoms with Crippen LogP contribution in [0.1, 0.15) is 38.5 Å². The van der Waals surface area contributed by atoms with Gasteiger partial charge < -0.3 is 15.3 Å². The van der Waals surface area contributed by atoms with Crippen LogP contribution in [0.25, 0.3) is 0 Å². The molecule has 6 atom stereocenters. The van der Waals surface area contributed by atoms with Crippen molar-refractivity contribution in [2.75, 3.05) is 39.3 Å². The molecule has 36 heavy (non-hydrogen) atoms. The molecule has 15 nitrogen and oxygen atoms in total. The van der Waals surface area contributed by atoms with Gasteiger partial charge in [0.2, 0.25) is 17.3 Å². The quantitative estimate of drug-likeness (QED) is 0.147. The number of carboxylic acid groups (broad SMARTS) is 3. The first-order chi connectivity index (χ1) is 16.8. The van der Waals surface area contributed by atoms with E-state index in [0.717, 1.165) is 0 Å². The third-order valence-corrected chi connectivity index (χ3v) is 9.19. The zero-order valence-corrected chi connectivity index (χ0v) is 22.2. The third-order valence-electron chi connectivity index (χ3n) is 5.90. The topological polar surface area (TPSA) is 234 Å².